The van der Waals surface area contributed by atoms with Crippen molar-refractivity contribution in [3.8, 4) is 0 Å². The fraction of sp³-hybridized carbons (Fsp3) is 0.810. The Hall–Kier alpha value is -0.510. The summed E-state index contributed by atoms with van der Waals surface area (Å²) in [5.41, 5.74) is 1.36. The lowest BCUT2D eigenvalue weighted by atomic mass is 9.77. The highest BCUT2D eigenvalue weighted by Crippen LogP contribution is 2.46. The summed E-state index contributed by atoms with van der Waals surface area (Å²) in [6.07, 6.45) is 6.02. The molecule has 2 atom stereocenters. The van der Waals surface area contributed by atoms with Crippen LogP contribution in [0.25, 0.3) is 0 Å². The zero-order chi connectivity index (χ0) is 20.6. The number of aliphatic hydroxyl groups is 1. The highest BCUT2D eigenvalue weighted by Gasteiger charge is 2.45. The number of aliphatic hydroxyl groups excluding tert-OH is 1. The van der Waals surface area contributed by atoms with Crippen molar-refractivity contribution in [2.75, 3.05) is 32.1 Å². The van der Waals surface area contributed by atoms with Gasteiger partial charge in [0, 0.05) is 41.3 Å². The van der Waals surface area contributed by atoms with Crippen LogP contribution in [0.1, 0.15) is 54.8 Å². The summed E-state index contributed by atoms with van der Waals surface area (Å²) >= 11 is 1.97. The normalized spacial score (nSPS) is 32.9. The first kappa shape index (κ1) is 21.7. The van der Waals surface area contributed by atoms with Crippen molar-refractivity contribution >= 4 is 21.4 Å². The average Bonchev–Trinajstić information content (AvgIpc) is 3.07. The van der Waals surface area contributed by atoms with Crippen molar-refractivity contribution in [2.45, 2.75) is 70.1 Å². The highest BCUT2D eigenvalue weighted by molar-refractivity contribution is 7.89. The molecule has 1 spiro atoms. The van der Waals surface area contributed by atoms with Crippen molar-refractivity contribution in [1.29, 1.82) is 0 Å². The number of aryl methyl sites for hydroxylation is 1. The van der Waals surface area contributed by atoms with Crippen molar-refractivity contribution in [2.24, 2.45) is 5.92 Å². The zero-order valence-electron chi connectivity index (χ0n) is 17.5. The summed E-state index contributed by atoms with van der Waals surface area (Å²) in [6, 6.07) is 2.90. The predicted octanol–water partition coefficient (Wildman–Crippen LogP) is 2.25. The summed E-state index contributed by atoms with van der Waals surface area (Å²) in [5.74, 6) is 0.341. The van der Waals surface area contributed by atoms with E-state index in [0.29, 0.717) is 12.0 Å². The van der Waals surface area contributed by atoms with E-state index in [-0.39, 0.29) is 24.0 Å². The molecule has 1 aliphatic carbocycles. The summed E-state index contributed by atoms with van der Waals surface area (Å²) in [6.45, 7) is 7.12. The van der Waals surface area contributed by atoms with Gasteiger partial charge in [-0.15, -0.1) is 11.3 Å². The molecule has 1 aromatic rings. The van der Waals surface area contributed by atoms with Crippen molar-refractivity contribution in [3.05, 3.63) is 21.4 Å². The van der Waals surface area contributed by atoms with Crippen LogP contribution in [0.15, 0.2) is 6.07 Å². The van der Waals surface area contributed by atoms with E-state index in [1.807, 2.05) is 11.3 Å². The molecule has 3 aliphatic rings. The molecule has 164 valence electrons. The zero-order valence-corrected chi connectivity index (χ0v) is 19.2. The molecule has 0 unspecified atom stereocenters. The van der Waals surface area contributed by atoms with E-state index in [1.54, 1.807) is 0 Å². The second kappa shape index (κ2) is 8.55. The standard InChI is InChI=1S/C21H34N2O4S2/c1-3-18-12-19-20(28-18)4-8-27-21(19)5-6-23(15(2)13-21)14-16-10-17(11-16)22-29(25,26)9-7-24/h12,15-17,22,24H,3-11,13-14H2,1-2H3/t15-,16-,17+,21+/m0/s1. The fourth-order valence-electron chi connectivity index (χ4n) is 5.29. The Labute approximate surface area is 178 Å². The number of sulfonamides is 1. The van der Waals surface area contributed by atoms with Gasteiger partial charge < -0.3 is 14.7 Å². The maximum Gasteiger partial charge on any atom is 0.214 e. The number of likely N-dealkylation sites (tertiary alicyclic amines) is 1. The Balaban J connectivity index is 1.32. The maximum atomic E-state index is 11.8. The Kier molecular flexibility index (Phi) is 6.40. The molecule has 0 aromatic carbocycles. The van der Waals surface area contributed by atoms with Crippen LogP contribution in [-0.2, 0) is 33.2 Å². The van der Waals surface area contributed by atoms with Crippen molar-refractivity contribution in [1.82, 2.24) is 9.62 Å². The quantitative estimate of drug-likeness (QED) is 0.677. The van der Waals surface area contributed by atoms with Crippen LogP contribution < -0.4 is 4.72 Å². The summed E-state index contributed by atoms with van der Waals surface area (Å²) < 4.78 is 32.7. The highest BCUT2D eigenvalue weighted by atomic mass is 32.2. The molecule has 2 aliphatic heterocycles. The first-order valence-corrected chi connectivity index (χ1v) is 13.4. The smallest absolute Gasteiger partial charge is 0.214 e. The number of fused-ring (bicyclic) bond motifs is 2. The van der Waals surface area contributed by atoms with Crippen LogP contribution in [0.5, 0.6) is 0 Å². The van der Waals surface area contributed by atoms with Gasteiger partial charge >= 0.3 is 0 Å². The summed E-state index contributed by atoms with van der Waals surface area (Å²) in [4.78, 5) is 5.57. The molecule has 2 N–H and O–H groups in total. The molecule has 3 heterocycles. The van der Waals surface area contributed by atoms with E-state index in [4.69, 9.17) is 9.84 Å². The van der Waals surface area contributed by atoms with E-state index >= 15 is 0 Å². The molecule has 4 rings (SSSR count). The number of thiophene rings is 1. The van der Waals surface area contributed by atoms with Crippen LogP contribution in [0.4, 0.5) is 0 Å². The Bertz CT molecular complexity index is 819. The molecule has 0 bridgehead atoms. The predicted molar refractivity (Wildman–Crippen MR) is 116 cm³/mol. The first-order valence-electron chi connectivity index (χ1n) is 10.9. The Morgan fingerprint density at radius 1 is 1.41 bits per heavy atom. The molecule has 1 aromatic heterocycles. The third-order valence-corrected chi connectivity index (χ3v) is 9.64. The Morgan fingerprint density at radius 3 is 2.90 bits per heavy atom. The molecule has 0 amide bonds. The van der Waals surface area contributed by atoms with Crippen LogP contribution in [0.2, 0.25) is 0 Å². The third-order valence-electron chi connectivity index (χ3n) is 6.89. The second-order valence-electron chi connectivity index (χ2n) is 8.99. The molecule has 0 radical (unpaired) electrons. The van der Waals surface area contributed by atoms with Gasteiger partial charge in [-0.3, -0.25) is 0 Å². The van der Waals surface area contributed by atoms with Crippen molar-refractivity contribution < 1.29 is 18.3 Å². The van der Waals surface area contributed by atoms with Gasteiger partial charge in [-0.25, -0.2) is 13.1 Å². The summed E-state index contributed by atoms with van der Waals surface area (Å²) in [5, 5.41) is 8.85. The minimum absolute atomic E-state index is 0.0329. The number of hydrogen-bond acceptors (Lipinski definition) is 6. The van der Waals surface area contributed by atoms with Crippen LogP contribution in [0, 0.1) is 5.92 Å². The minimum atomic E-state index is -3.34. The van der Waals surface area contributed by atoms with Crippen LogP contribution >= 0.6 is 11.3 Å². The number of hydrogen-bond donors (Lipinski definition) is 2. The van der Waals surface area contributed by atoms with E-state index in [0.717, 1.165) is 58.2 Å². The number of nitrogens with one attached hydrogen (secondary N) is 1. The van der Waals surface area contributed by atoms with Gasteiger partial charge in [0.2, 0.25) is 10.0 Å². The summed E-state index contributed by atoms with van der Waals surface area (Å²) in [7, 11) is -3.34. The number of ether oxygens (including phenoxy) is 1. The van der Waals surface area contributed by atoms with Gasteiger partial charge in [0.1, 0.15) is 0 Å². The monoisotopic (exact) mass is 442 g/mol. The number of nitrogens with zero attached hydrogens (tertiary/aromatic N) is 1. The lowest BCUT2D eigenvalue weighted by molar-refractivity contribution is -0.114. The minimum Gasteiger partial charge on any atom is -0.395 e. The molecule has 29 heavy (non-hydrogen) atoms. The lowest BCUT2D eigenvalue weighted by Gasteiger charge is -2.49. The van der Waals surface area contributed by atoms with E-state index in [9.17, 15) is 8.42 Å². The fourth-order valence-corrected chi connectivity index (χ4v) is 7.53. The van der Waals surface area contributed by atoms with Gasteiger partial charge in [-0.1, -0.05) is 6.92 Å². The molecule has 6 nitrogen and oxygen atoms in total. The molecule has 8 heteroatoms. The van der Waals surface area contributed by atoms with Gasteiger partial charge in [0.15, 0.2) is 0 Å². The lowest BCUT2D eigenvalue weighted by Crippen LogP contribution is -2.54. The van der Waals surface area contributed by atoms with Crippen molar-refractivity contribution in [3.63, 3.8) is 0 Å². The first-order chi connectivity index (χ1) is 13.8. The molecular weight excluding hydrogens is 408 g/mol. The molecule has 1 saturated carbocycles. The average molecular weight is 443 g/mol. The Morgan fingerprint density at radius 2 is 2.21 bits per heavy atom. The maximum absolute atomic E-state index is 11.8. The van der Waals surface area contributed by atoms with Crippen LogP contribution in [-0.4, -0.2) is 62.6 Å². The largest absolute Gasteiger partial charge is 0.395 e. The molecule has 2 fully saturated rings. The van der Waals surface area contributed by atoms with Gasteiger partial charge in [0.05, 0.1) is 24.6 Å². The van der Waals surface area contributed by atoms with E-state index in [2.05, 4.69) is 29.5 Å². The van der Waals surface area contributed by atoms with E-state index < -0.39 is 10.0 Å². The SMILES string of the molecule is CCc1cc2c(s1)CCO[C@@]21CCN(C[C@H]2C[C@@H](NS(=O)(=O)CCO)C2)[C@@H](C)C1. The third kappa shape index (κ3) is 4.57. The number of piperidine rings is 1. The van der Waals surface area contributed by atoms with Gasteiger partial charge in [-0.05, 0) is 56.6 Å². The van der Waals surface area contributed by atoms with Crippen LogP contribution in [0.3, 0.4) is 0 Å². The topological polar surface area (TPSA) is 78.9 Å². The number of rotatable bonds is 7. The van der Waals surface area contributed by atoms with Gasteiger partial charge in [0.25, 0.3) is 0 Å². The second-order valence-corrected chi connectivity index (χ2v) is 12.1. The molecular formula is C21H34N2O4S2. The van der Waals surface area contributed by atoms with Gasteiger partial charge in [-0.2, -0.15) is 0 Å². The molecule has 1 saturated heterocycles. The van der Waals surface area contributed by atoms with E-state index in [1.165, 1.54) is 15.3 Å².